The lowest BCUT2D eigenvalue weighted by molar-refractivity contribution is 0.122. The smallest absolute Gasteiger partial charge is 0.257 e. The Morgan fingerprint density at radius 1 is 1.29 bits per heavy atom. The number of alkyl halides is 2. The van der Waals surface area contributed by atoms with Gasteiger partial charge in [-0.2, -0.15) is 5.10 Å². The van der Waals surface area contributed by atoms with Crippen molar-refractivity contribution >= 4 is 11.5 Å². The highest BCUT2D eigenvalue weighted by Gasteiger charge is 2.17. The van der Waals surface area contributed by atoms with E-state index < -0.39 is 13.0 Å². The van der Waals surface area contributed by atoms with Crippen LogP contribution in [0.4, 0.5) is 20.3 Å². The summed E-state index contributed by atoms with van der Waals surface area (Å²) in [5, 5.41) is 7.10. The van der Waals surface area contributed by atoms with Gasteiger partial charge < -0.3 is 5.32 Å². The van der Waals surface area contributed by atoms with Crippen molar-refractivity contribution in [3.63, 3.8) is 0 Å². The first-order valence-electron chi connectivity index (χ1n) is 7.06. The summed E-state index contributed by atoms with van der Waals surface area (Å²) in [6.07, 6.45) is 4.88. The lowest BCUT2D eigenvalue weighted by atomic mass is 9.96. The summed E-state index contributed by atoms with van der Waals surface area (Å²) in [7, 11) is 0. The topological polar surface area (TPSA) is 55.6 Å². The maximum atomic E-state index is 12.3. The first kappa shape index (κ1) is 13.9. The number of aromatic nitrogens is 4. The van der Waals surface area contributed by atoms with Crippen molar-refractivity contribution in [2.24, 2.45) is 0 Å². The van der Waals surface area contributed by atoms with Crippen LogP contribution in [0.5, 0.6) is 0 Å². The van der Waals surface area contributed by atoms with Crippen LogP contribution in [0.2, 0.25) is 0 Å². The van der Waals surface area contributed by atoms with E-state index in [0.29, 0.717) is 5.69 Å². The molecular formula is C14H17F2N5. The van der Waals surface area contributed by atoms with Gasteiger partial charge in [0.25, 0.3) is 6.43 Å². The number of fused-ring (bicyclic) bond motifs is 1. The number of aryl methyl sites for hydroxylation is 2. The molecule has 0 atom stereocenters. The van der Waals surface area contributed by atoms with Crippen LogP contribution < -0.4 is 5.32 Å². The molecule has 0 unspecified atom stereocenters. The van der Waals surface area contributed by atoms with E-state index in [-0.39, 0.29) is 0 Å². The molecule has 0 aromatic carbocycles. The van der Waals surface area contributed by atoms with Crippen LogP contribution >= 0.6 is 0 Å². The molecule has 21 heavy (non-hydrogen) atoms. The van der Waals surface area contributed by atoms with Gasteiger partial charge in [-0.1, -0.05) is 0 Å². The molecule has 2 aromatic rings. The predicted molar refractivity (Wildman–Crippen MR) is 74.9 cm³/mol. The summed E-state index contributed by atoms with van der Waals surface area (Å²) in [5.41, 5.74) is 2.89. The van der Waals surface area contributed by atoms with Gasteiger partial charge in [-0.3, -0.25) is 4.68 Å². The van der Waals surface area contributed by atoms with Gasteiger partial charge in [0, 0.05) is 17.5 Å². The second-order valence-corrected chi connectivity index (χ2v) is 5.22. The summed E-state index contributed by atoms with van der Waals surface area (Å²) in [6.45, 7) is 1.46. The third-order valence-corrected chi connectivity index (χ3v) is 3.52. The average molecular weight is 293 g/mol. The molecule has 0 saturated heterocycles. The molecule has 1 aliphatic carbocycles. The molecule has 0 bridgehead atoms. The van der Waals surface area contributed by atoms with Crippen LogP contribution in [0.25, 0.3) is 0 Å². The molecule has 0 fully saturated rings. The van der Waals surface area contributed by atoms with Crippen molar-refractivity contribution < 1.29 is 8.78 Å². The normalized spacial score (nSPS) is 14.3. The van der Waals surface area contributed by atoms with Gasteiger partial charge in [0.05, 0.1) is 11.9 Å². The Morgan fingerprint density at radius 3 is 2.90 bits per heavy atom. The quantitative estimate of drug-likeness (QED) is 0.941. The minimum Gasteiger partial charge on any atom is -0.337 e. The largest absolute Gasteiger partial charge is 0.337 e. The fraction of sp³-hybridized carbons (Fsp3) is 0.500. The van der Waals surface area contributed by atoms with Gasteiger partial charge >= 0.3 is 0 Å². The minimum absolute atomic E-state index is 0.400. The highest BCUT2D eigenvalue weighted by atomic mass is 19.3. The number of hydrogen-bond donors (Lipinski definition) is 1. The number of anilines is 2. The molecule has 112 valence electrons. The standard InChI is InChI=1S/C14H17F2N5/c1-9-18-12-5-3-2-4-11(12)14(19-9)20-10-6-17-21(7-10)8-13(15)16/h6-7,13H,2-5,8H2,1H3,(H,18,19,20). The Bertz CT molecular complexity index is 638. The molecule has 2 aromatic heterocycles. The molecule has 3 rings (SSSR count). The average Bonchev–Trinajstić information content (AvgIpc) is 2.85. The van der Waals surface area contributed by atoms with Gasteiger partial charge in [0.2, 0.25) is 0 Å². The Labute approximate surface area is 121 Å². The van der Waals surface area contributed by atoms with Gasteiger partial charge in [-0.15, -0.1) is 0 Å². The molecule has 0 spiro atoms. The number of hydrogen-bond acceptors (Lipinski definition) is 4. The number of nitrogens with zero attached hydrogens (tertiary/aromatic N) is 4. The summed E-state index contributed by atoms with van der Waals surface area (Å²) in [6, 6.07) is 0. The zero-order chi connectivity index (χ0) is 14.8. The third-order valence-electron chi connectivity index (χ3n) is 3.52. The van der Waals surface area contributed by atoms with Gasteiger partial charge in [0.15, 0.2) is 0 Å². The maximum Gasteiger partial charge on any atom is 0.257 e. The highest BCUT2D eigenvalue weighted by molar-refractivity contribution is 5.59. The number of nitrogens with one attached hydrogen (secondary N) is 1. The molecular weight excluding hydrogens is 276 g/mol. The SMILES string of the molecule is Cc1nc2c(c(Nc3cnn(CC(F)F)c3)n1)CCCC2. The molecule has 5 nitrogen and oxygen atoms in total. The van der Waals surface area contributed by atoms with Crippen molar-refractivity contribution in [3.05, 3.63) is 29.5 Å². The Hall–Kier alpha value is -2.05. The second kappa shape index (κ2) is 5.75. The van der Waals surface area contributed by atoms with Crippen molar-refractivity contribution in [3.8, 4) is 0 Å². The Morgan fingerprint density at radius 2 is 2.10 bits per heavy atom. The molecule has 1 aliphatic rings. The molecule has 7 heteroatoms. The van der Waals surface area contributed by atoms with Crippen LogP contribution in [0.15, 0.2) is 12.4 Å². The summed E-state index contributed by atoms with van der Waals surface area (Å²) in [4.78, 5) is 8.93. The zero-order valence-corrected chi connectivity index (χ0v) is 11.8. The Balaban J connectivity index is 1.84. The zero-order valence-electron chi connectivity index (χ0n) is 11.8. The maximum absolute atomic E-state index is 12.3. The highest BCUT2D eigenvalue weighted by Crippen LogP contribution is 2.27. The minimum atomic E-state index is -2.41. The van der Waals surface area contributed by atoms with Gasteiger partial charge in [-0.25, -0.2) is 18.7 Å². The molecule has 0 amide bonds. The number of halogens is 2. The van der Waals surface area contributed by atoms with Crippen LogP contribution in [0, 0.1) is 6.92 Å². The number of rotatable bonds is 4. The lowest BCUT2D eigenvalue weighted by Gasteiger charge is -2.18. The molecule has 0 aliphatic heterocycles. The van der Waals surface area contributed by atoms with E-state index in [1.807, 2.05) is 6.92 Å². The summed E-state index contributed by atoms with van der Waals surface area (Å²) < 4.78 is 25.9. The molecule has 1 N–H and O–H groups in total. The third kappa shape index (κ3) is 3.17. The van der Waals surface area contributed by atoms with E-state index in [9.17, 15) is 8.78 Å². The molecule has 2 heterocycles. The van der Waals surface area contributed by atoms with E-state index in [1.54, 1.807) is 6.20 Å². The molecule has 0 saturated carbocycles. The van der Waals surface area contributed by atoms with Crippen LogP contribution in [0.3, 0.4) is 0 Å². The monoisotopic (exact) mass is 293 g/mol. The van der Waals surface area contributed by atoms with Crippen molar-refractivity contribution in [1.82, 2.24) is 19.7 Å². The fourth-order valence-electron chi connectivity index (χ4n) is 2.63. The first-order chi connectivity index (χ1) is 10.1. The van der Waals surface area contributed by atoms with Gasteiger partial charge in [-0.05, 0) is 32.6 Å². The van der Waals surface area contributed by atoms with Crippen LogP contribution in [0.1, 0.15) is 29.9 Å². The first-order valence-corrected chi connectivity index (χ1v) is 7.06. The van der Waals surface area contributed by atoms with Crippen molar-refractivity contribution in [1.29, 1.82) is 0 Å². The summed E-state index contributed by atoms with van der Waals surface area (Å²) in [5.74, 6) is 1.49. The predicted octanol–water partition coefficient (Wildman–Crippen LogP) is 2.87. The Kier molecular flexibility index (Phi) is 3.81. The van der Waals surface area contributed by atoms with E-state index in [1.165, 1.54) is 10.9 Å². The van der Waals surface area contributed by atoms with Gasteiger partial charge in [0.1, 0.15) is 18.2 Å². The van der Waals surface area contributed by atoms with Crippen molar-refractivity contribution in [2.45, 2.75) is 45.6 Å². The van der Waals surface area contributed by atoms with Crippen LogP contribution in [-0.2, 0) is 19.4 Å². The van der Waals surface area contributed by atoms with E-state index in [4.69, 9.17) is 0 Å². The van der Waals surface area contributed by atoms with Crippen molar-refractivity contribution in [2.75, 3.05) is 5.32 Å². The lowest BCUT2D eigenvalue weighted by Crippen LogP contribution is -2.12. The summed E-state index contributed by atoms with van der Waals surface area (Å²) >= 11 is 0. The van der Waals surface area contributed by atoms with E-state index in [2.05, 4.69) is 20.4 Å². The molecule has 0 radical (unpaired) electrons. The van der Waals surface area contributed by atoms with E-state index in [0.717, 1.165) is 48.6 Å². The van der Waals surface area contributed by atoms with E-state index >= 15 is 0 Å². The second-order valence-electron chi connectivity index (χ2n) is 5.22. The van der Waals surface area contributed by atoms with Crippen LogP contribution in [-0.4, -0.2) is 26.2 Å². The fourth-order valence-corrected chi connectivity index (χ4v) is 2.63.